The third kappa shape index (κ3) is 7.26. The number of rotatable bonds is 8. The zero-order valence-electron chi connectivity index (χ0n) is 32.2. The molecular weight excluding hydrogens is 760 g/mol. The molecule has 6 heterocycles. The number of fused-ring (bicyclic) bond motifs is 2. The highest BCUT2D eigenvalue weighted by Gasteiger charge is 2.45. The Balaban J connectivity index is 0.730. The van der Waals surface area contributed by atoms with Gasteiger partial charge in [0.2, 0.25) is 11.8 Å². The number of hydrogen-bond acceptors (Lipinski definition) is 11. The van der Waals surface area contributed by atoms with Gasteiger partial charge < -0.3 is 19.4 Å². The molecule has 1 aromatic heterocycles. The fourth-order valence-corrected chi connectivity index (χ4v) is 9.76. The number of hydrogen-bond donors (Lipinski definition) is 1. The summed E-state index contributed by atoms with van der Waals surface area (Å²) in [5, 5.41) is 11.8. The number of aromatic nitrogens is 1. The summed E-state index contributed by atoms with van der Waals surface area (Å²) in [7, 11) is 0. The minimum absolute atomic E-state index is 0.0399. The average Bonchev–Trinajstić information content (AvgIpc) is 3.69. The smallest absolute Gasteiger partial charge is 0.262 e. The fraction of sp³-hybridized carbons (Fsp3) is 0.465. The van der Waals surface area contributed by atoms with Crippen molar-refractivity contribution in [2.45, 2.75) is 76.1 Å². The van der Waals surface area contributed by atoms with Crippen molar-refractivity contribution in [3.8, 4) is 11.8 Å². The van der Waals surface area contributed by atoms with Gasteiger partial charge in [0.15, 0.2) is 0 Å². The van der Waals surface area contributed by atoms with Crippen LogP contribution in [0.25, 0.3) is 0 Å². The van der Waals surface area contributed by atoms with Gasteiger partial charge in [0.25, 0.3) is 17.7 Å². The number of anilines is 2. The van der Waals surface area contributed by atoms with Crippen LogP contribution in [0.15, 0.2) is 48.5 Å². The lowest BCUT2D eigenvalue weighted by Crippen LogP contribution is -2.54. The Morgan fingerprint density at radius 1 is 0.776 bits per heavy atom. The molecule has 0 spiro atoms. The SMILES string of the molecule is N#Cc1ccc(OC2CCC(N3Cc4nc(N5CCC(CN6CCN(c7ccc8c(c7)C(=O)N(C7CCC(=O)NC7=O)C8=O)CC6)CC5)ccc4C3=O)CC2)cc1Cl. The summed E-state index contributed by atoms with van der Waals surface area (Å²) in [6.07, 6.45) is 5.77. The summed E-state index contributed by atoms with van der Waals surface area (Å²) in [5.41, 5.74) is 3.48. The first-order chi connectivity index (χ1) is 28.1. The molecule has 5 amide bonds. The molecule has 3 aromatic rings. The van der Waals surface area contributed by atoms with Crippen LogP contribution in [0.3, 0.4) is 0 Å². The van der Waals surface area contributed by atoms with Crippen LogP contribution < -0.4 is 19.9 Å². The second-order valence-electron chi connectivity index (χ2n) is 16.3. The van der Waals surface area contributed by atoms with Gasteiger partial charge in [0.1, 0.15) is 23.7 Å². The van der Waals surface area contributed by atoms with Crippen LogP contribution in [0.4, 0.5) is 11.5 Å². The van der Waals surface area contributed by atoms with Crippen LogP contribution in [-0.2, 0) is 16.1 Å². The number of nitrogens with one attached hydrogen (secondary N) is 1. The summed E-state index contributed by atoms with van der Waals surface area (Å²) in [4.78, 5) is 79.2. The van der Waals surface area contributed by atoms with Crippen LogP contribution in [-0.4, -0.2) is 113 Å². The maximum absolute atomic E-state index is 13.5. The number of imide groups is 2. The van der Waals surface area contributed by atoms with Crippen LogP contribution in [0.5, 0.6) is 5.75 Å². The number of ether oxygens (including phenoxy) is 1. The molecule has 5 aliphatic heterocycles. The third-order valence-corrected chi connectivity index (χ3v) is 13.1. The van der Waals surface area contributed by atoms with Crippen LogP contribution >= 0.6 is 11.6 Å². The Bertz CT molecular complexity index is 2220. The number of nitriles is 1. The van der Waals surface area contributed by atoms with E-state index in [1.165, 1.54) is 0 Å². The molecule has 0 radical (unpaired) electrons. The van der Waals surface area contributed by atoms with E-state index in [4.69, 9.17) is 26.6 Å². The molecule has 6 aliphatic rings. The maximum atomic E-state index is 13.5. The van der Waals surface area contributed by atoms with Crippen molar-refractivity contribution in [2.24, 2.45) is 5.92 Å². The third-order valence-electron chi connectivity index (χ3n) is 12.8. The Morgan fingerprint density at radius 2 is 1.52 bits per heavy atom. The van der Waals surface area contributed by atoms with E-state index in [1.54, 1.807) is 30.3 Å². The van der Waals surface area contributed by atoms with Gasteiger partial charge in [0, 0.05) is 70.0 Å². The number of piperazine rings is 1. The van der Waals surface area contributed by atoms with Crippen molar-refractivity contribution in [1.29, 1.82) is 5.26 Å². The molecule has 2 aromatic carbocycles. The Hall–Kier alpha value is -5.52. The molecule has 1 N–H and O–H groups in total. The van der Waals surface area contributed by atoms with Gasteiger partial charge in [-0.25, -0.2) is 4.98 Å². The van der Waals surface area contributed by atoms with Crippen molar-refractivity contribution in [3.63, 3.8) is 0 Å². The second kappa shape index (κ2) is 15.7. The van der Waals surface area contributed by atoms with Gasteiger partial charge in [-0.3, -0.25) is 39.1 Å². The van der Waals surface area contributed by atoms with E-state index in [-0.39, 0.29) is 30.9 Å². The van der Waals surface area contributed by atoms with Gasteiger partial charge in [0.05, 0.1) is 45.6 Å². The van der Waals surface area contributed by atoms with E-state index in [2.05, 4.69) is 26.1 Å². The lowest BCUT2D eigenvalue weighted by Gasteiger charge is -2.40. The predicted octanol–water partition coefficient (Wildman–Crippen LogP) is 4.39. The summed E-state index contributed by atoms with van der Waals surface area (Å²) in [6, 6.07) is 15.7. The lowest BCUT2D eigenvalue weighted by molar-refractivity contribution is -0.136. The number of amides is 5. The molecule has 300 valence electrons. The maximum Gasteiger partial charge on any atom is 0.262 e. The summed E-state index contributed by atoms with van der Waals surface area (Å²) >= 11 is 6.19. The van der Waals surface area contributed by atoms with Crippen molar-refractivity contribution in [2.75, 3.05) is 55.6 Å². The number of carbonyl (C=O) groups excluding carboxylic acids is 5. The molecule has 14 nitrogen and oxygen atoms in total. The summed E-state index contributed by atoms with van der Waals surface area (Å²) < 4.78 is 6.17. The first-order valence-corrected chi connectivity index (χ1v) is 20.8. The van der Waals surface area contributed by atoms with E-state index in [1.807, 2.05) is 23.1 Å². The number of benzene rings is 2. The largest absolute Gasteiger partial charge is 0.490 e. The van der Waals surface area contributed by atoms with E-state index in [9.17, 15) is 24.0 Å². The van der Waals surface area contributed by atoms with Gasteiger partial charge in [-0.15, -0.1) is 0 Å². The summed E-state index contributed by atoms with van der Waals surface area (Å²) in [5.74, 6) is 0.260. The highest BCUT2D eigenvalue weighted by molar-refractivity contribution is 6.31. The molecule has 3 saturated heterocycles. The van der Waals surface area contributed by atoms with Gasteiger partial charge in [-0.05, 0) is 93.3 Å². The quantitative estimate of drug-likeness (QED) is 0.322. The zero-order valence-corrected chi connectivity index (χ0v) is 33.0. The van der Waals surface area contributed by atoms with Gasteiger partial charge in [-0.1, -0.05) is 11.6 Å². The van der Waals surface area contributed by atoms with Gasteiger partial charge in [-0.2, -0.15) is 5.26 Å². The normalized spacial score (nSPS) is 24.2. The first-order valence-electron chi connectivity index (χ1n) is 20.4. The number of halogens is 1. The van der Waals surface area contributed by atoms with Gasteiger partial charge >= 0.3 is 0 Å². The highest BCUT2D eigenvalue weighted by Crippen LogP contribution is 2.35. The minimum atomic E-state index is -0.974. The highest BCUT2D eigenvalue weighted by atomic mass is 35.5. The molecule has 1 unspecified atom stereocenters. The monoisotopic (exact) mass is 804 g/mol. The van der Waals surface area contributed by atoms with E-state index < -0.39 is 29.7 Å². The molecule has 1 atom stereocenters. The molecule has 1 saturated carbocycles. The number of pyridine rings is 1. The lowest BCUT2D eigenvalue weighted by atomic mass is 9.92. The van der Waals surface area contributed by atoms with E-state index in [0.29, 0.717) is 45.5 Å². The average molecular weight is 805 g/mol. The summed E-state index contributed by atoms with van der Waals surface area (Å²) in [6.45, 7) is 6.78. The molecular formula is C43H45ClN8O6. The standard InChI is InChI=1S/C43H45ClN8O6/c44-35-22-31(5-1-27(35)23-45)58-30-6-2-28(3-7-30)51-25-36-33(41(51)55)9-11-38(46-36)50-15-13-26(14-16-50)24-48-17-19-49(20-18-48)29-4-8-32-34(21-29)43(57)52(42(32)56)37-10-12-39(53)47-40(37)54/h1,4-5,8-9,11,21-22,26,28,30,37H,2-3,6-7,10,12-20,24-25H2,(H,47,53,54). The Labute approximate surface area is 341 Å². The fourth-order valence-electron chi connectivity index (χ4n) is 9.55. The number of carbonyl (C=O) groups is 5. The number of nitrogens with zero attached hydrogens (tertiary/aromatic N) is 7. The molecule has 15 heteroatoms. The Kier molecular flexibility index (Phi) is 10.3. The predicted molar refractivity (Wildman–Crippen MR) is 214 cm³/mol. The van der Waals surface area contributed by atoms with Crippen molar-refractivity contribution in [3.05, 3.63) is 81.5 Å². The van der Waals surface area contributed by atoms with Crippen LogP contribution in [0.1, 0.15) is 93.7 Å². The molecule has 1 aliphatic carbocycles. The second-order valence-corrected chi connectivity index (χ2v) is 16.7. The molecule has 9 rings (SSSR count). The Morgan fingerprint density at radius 3 is 2.24 bits per heavy atom. The van der Waals surface area contributed by atoms with Crippen LogP contribution in [0, 0.1) is 17.2 Å². The number of piperidine rings is 2. The van der Waals surface area contributed by atoms with Crippen molar-refractivity contribution >= 4 is 52.6 Å². The first kappa shape index (κ1) is 38.0. The molecule has 0 bridgehead atoms. The van der Waals surface area contributed by atoms with E-state index >= 15 is 0 Å². The zero-order chi connectivity index (χ0) is 40.1. The van der Waals surface area contributed by atoms with Crippen LogP contribution in [0.2, 0.25) is 5.02 Å². The van der Waals surface area contributed by atoms with Crippen molar-refractivity contribution in [1.82, 2.24) is 25.0 Å². The van der Waals surface area contributed by atoms with E-state index in [0.717, 1.165) is 106 Å². The molecule has 4 fully saturated rings. The topological polar surface area (TPSA) is 159 Å². The minimum Gasteiger partial charge on any atom is -0.490 e. The van der Waals surface area contributed by atoms with Crippen molar-refractivity contribution < 1.29 is 28.7 Å². The molecule has 58 heavy (non-hydrogen) atoms.